The molecule has 1 amide bonds. The quantitative estimate of drug-likeness (QED) is 0.628. The summed E-state index contributed by atoms with van der Waals surface area (Å²) in [6.07, 6.45) is 4.23. The van der Waals surface area contributed by atoms with Gasteiger partial charge in [-0.25, -0.2) is 4.39 Å². The third-order valence-electron chi connectivity index (χ3n) is 5.94. The third-order valence-corrected chi connectivity index (χ3v) is 5.94. The van der Waals surface area contributed by atoms with Crippen molar-refractivity contribution in [3.05, 3.63) is 71.7 Å². The third kappa shape index (κ3) is 4.51. The highest BCUT2D eigenvalue weighted by atomic mass is 19.1. The van der Waals surface area contributed by atoms with Gasteiger partial charge in [0.15, 0.2) is 0 Å². The molecule has 1 aromatic heterocycles. The number of amides is 1. The average molecular weight is 394 g/mol. The molecule has 2 atom stereocenters. The van der Waals surface area contributed by atoms with Crippen LogP contribution in [0.2, 0.25) is 0 Å². The first kappa shape index (κ1) is 19.6. The number of nitrogens with zero attached hydrogens (tertiary/aromatic N) is 1. The number of aromatic nitrogens is 1. The maximum absolute atomic E-state index is 13.5. The van der Waals surface area contributed by atoms with Gasteiger partial charge in [-0.1, -0.05) is 30.3 Å². The fourth-order valence-electron chi connectivity index (χ4n) is 4.43. The Morgan fingerprint density at radius 2 is 2.00 bits per heavy atom. The molecule has 29 heavy (non-hydrogen) atoms. The molecule has 2 aromatic carbocycles. The number of halogens is 1. The maximum atomic E-state index is 13.5. The fourth-order valence-corrected chi connectivity index (χ4v) is 4.43. The normalized spacial score (nSPS) is 19.4. The molecule has 4 rings (SSSR count). The molecule has 1 aliphatic carbocycles. The Morgan fingerprint density at radius 3 is 2.79 bits per heavy atom. The molecular weight excluding hydrogens is 365 g/mol. The number of carbonyl (C=O) groups is 1. The van der Waals surface area contributed by atoms with Crippen molar-refractivity contribution in [2.75, 3.05) is 6.54 Å². The van der Waals surface area contributed by atoms with E-state index in [0.29, 0.717) is 18.3 Å². The Labute approximate surface area is 171 Å². The molecule has 2 N–H and O–H groups in total. The number of hydrogen-bond donors (Lipinski definition) is 2. The lowest BCUT2D eigenvalue weighted by atomic mass is 9.89. The van der Waals surface area contributed by atoms with Crippen molar-refractivity contribution in [1.82, 2.24) is 15.2 Å². The maximum Gasteiger partial charge on any atom is 0.270 e. The van der Waals surface area contributed by atoms with Crippen LogP contribution in [0.25, 0.3) is 10.9 Å². The van der Waals surface area contributed by atoms with Crippen molar-refractivity contribution in [3.63, 3.8) is 0 Å². The van der Waals surface area contributed by atoms with Crippen molar-refractivity contribution >= 4 is 16.8 Å². The van der Waals surface area contributed by atoms with Gasteiger partial charge in [0.2, 0.25) is 0 Å². The lowest BCUT2D eigenvalue weighted by molar-refractivity contribution is 0.0623. The monoisotopic (exact) mass is 393 g/mol. The van der Waals surface area contributed by atoms with Gasteiger partial charge < -0.3 is 15.2 Å². The fraction of sp³-hybridized carbons (Fsp3) is 0.375. The van der Waals surface area contributed by atoms with Crippen molar-refractivity contribution in [1.29, 1.82) is 0 Å². The van der Waals surface area contributed by atoms with Crippen LogP contribution < -0.4 is 5.32 Å². The Kier molecular flexibility index (Phi) is 5.95. The van der Waals surface area contributed by atoms with Crippen molar-refractivity contribution in [3.8, 4) is 0 Å². The molecule has 1 fully saturated rings. The molecule has 3 aromatic rings. The number of benzene rings is 2. The molecule has 152 valence electrons. The summed E-state index contributed by atoms with van der Waals surface area (Å²) in [4.78, 5) is 18.3. The first-order valence-corrected chi connectivity index (χ1v) is 10.5. The van der Waals surface area contributed by atoms with Gasteiger partial charge >= 0.3 is 0 Å². The number of hydrogen-bond acceptors (Lipinski definition) is 2. The molecule has 5 heteroatoms. The smallest absolute Gasteiger partial charge is 0.270 e. The number of rotatable bonds is 6. The van der Waals surface area contributed by atoms with Crippen molar-refractivity contribution in [2.24, 2.45) is 0 Å². The van der Waals surface area contributed by atoms with E-state index in [1.165, 1.54) is 17.7 Å². The van der Waals surface area contributed by atoms with Crippen LogP contribution in [0.4, 0.5) is 4.39 Å². The summed E-state index contributed by atoms with van der Waals surface area (Å²) in [5.41, 5.74) is 2.60. The molecule has 0 bridgehead atoms. The molecule has 1 aliphatic rings. The van der Waals surface area contributed by atoms with Crippen LogP contribution in [-0.4, -0.2) is 34.4 Å². The zero-order valence-corrected chi connectivity index (χ0v) is 16.8. The summed E-state index contributed by atoms with van der Waals surface area (Å²) >= 11 is 0. The molecule has 1 heterocycles. The molecular formula is C24H28FN3O. The van der Waals surface area contributed by atoms with Crippen LogP contribution in [0.3, 0.4) is 0 Å². The van der Waals surface area contributed by atoms with Gasteiger partial charge in [-0.15, -0.1) is 0 Å². The standard InChI is InChI=1S/C24H28FN3O/c1-2-28(24(29)23-14-18-13-19(25)11-12-22(18)27-23)21-10-6-9-20(15-21)26-16-17-7-4-3-5-8-17/h3-5,7-8,11-14,20-21,26-27H,2,6,9-10,15-16H2,1H3. The lowest BCUT2D eigenvalue weighted by Crippen LogP contribution is -2.46. The second-order valence-corrected chi connectivity index (χ2v) is 7.89. The second kappa shape index (κ2) is 8.78. The number of fused-ring (bicyclic) bond motifs is 1. The van der Waals surface area contributed by atoms with Gasteiger partial charge in [-0.05, 0) is 62.4 Å². The second-order valence-electron chi connectivity index (χ2n) is 7.89. The van der Waals surface area contributed by atoms with Crippen LogP contribution in [0, 0.1) is 5.82 Å². The van der Waals surface area contributed by atoms with Gasteiger partial charge in [0.25, 0.3) is 5.91 Å². The Hall–Kier alpha value is -2.66. The van der Waals surface area contributed by atoms with Crippen LogP contribution >= 0.6 is 0 Å². The molecule has 1 saturated carbocycles. The first-order chi connectivity index (χ1) is 14.1. The Bertz CT molecular complexity index is 969. The minimum absolute atomic E-state index is 0.00202. The topological polar surface area (TPSA) is 48.1 Å². The van der Waals surface area contributed by atoms with E-state index in [1.54, 1.807) is 12.1 Å². The van der Waals surface area contributed by atoms with Crippen molar-refractivity contribution in [2.45, 2.75) is 51.2 Å². The molecule has 0 radical (unpaired) electrons. The number of carbonyl (C=O) groups excluding carboxylic acids is 1. The summed E-state index contributed by atoms with van der Waals surface area (Å²) in [5.74, 6) is -0.291. The minimum Gasteiger partial charge on any atom is -0.351 e. The van der Waals surface area contributed by atoms with Crippen molar-refractivity contribution < 1.29 is 9.18 Å². The van der Waals surface area contributed by atoms with E-state index in [0.717, 1.165) is 43.1 Å². The van der Waals surface area contributed by atoms with E-state index in [2.05, 4.69) is 34.6 Å². The van der Waals surface area contributed by atoms with E-state index in [1.807, 2.05) is 17.9 Å². The SMILES string of the molecule is CCN(C(=O)c1cc2cc(F)ccc2[nH]1)C1CCCC(NCc2ccccc2)C1. The summed E-state index contributed by atoms with van der Waals surface area (Å²) in [6, 6.07) is 17.4. The molecule has 2 unspecified atom stereocenters. The highest BCUT2D eigenvalue weighted by Crippen LogP contribution is 2.26. The van der Waals surface area contributed by atoms with Crippen LogP contribution in [-0.2, 0) is 6.54 Å². The van der Waals surface area contributed by atoms with E-state index in [9.17, 15) is 9.18 Å². The predicted molar refractivity (Wildman–Crippen MR) is 114 cm³/mol. The van der Waals surface area contributed by atoms with Gasteiger partial charge in [0.1, 0.15) is 11.5 Å². The largest absolute Gasteiger partial charge is 0.351 e. The summed E-state index contributed by atoms with van der Waals surface area (Å²) < 4.78 is 13.5. The zero-order chi connectivity index (χ0) is 20.2. The predicted octanol–water partition coefficient (Wildman–Crippen LogP) is 4.87. The van der Waals surface area contributed by atoms with Gasteiger partial charge in [0, 0.05) is 36.1 Å². The van der Waals surface area contributed by atoms with Gasteiger partial charge in [0.05, 0.1) is 0 Å². The molecule has 0 aliphatic heterocycles. The van der Waals surface area contributed by atoms with Crippen LogP contribution in [0.5, 0.6) is 0 Å². The average Bonchev–Trinajstić information content (AvgIpc) is 3.17. The van der Waals surface area contributed by atoms with Crippen LogP contribution in [0.15, 0.2) is 54.6 Å². The summed E-state index contributed by atoms with van der Waals surface area (Å²) in [6.45, 7) is 3.55. The van der Waals surface area contributed by atoms with E-state index >= 15 is 0 Å². The van der Waals surface area contributed by atoms with Gasteiger partial charge in [-0.2, -0.15) is 0 Å². The number of nitrogens with one attached hydrogen (secondary N) is 2. The lowest BCUT2D eigenvalue weighted by Gasteiger charge is -2.37. The molecule has 0 spiro atoms. The highest BCUT2D eigenvalue weighted by Gasteiger charge is 2.29. The Balaban J connectivity index is 1.43. The first-order valence-electron chi connectivity index (χ1n) is 10.5. The Morgan fingerprint density at radius 1 is 1.17 bits per heavy atom. The highest BCUT2D eigenvalue weighted by molar-refractivity contribution is 5.98. The summed E-state index contributed by atoms with van der Waals surface area (Å²) in [7, 11) is 0. The molecule has 0 saturated heterocycles. The number of aromatic amines is 1. The summed E-state index contributed by atoms with van der Waals surface area (Å²) in [5, 5.41) is 4.40. The van der Waals surface area contributed by atoms with E-state index in [-0.39, 0.29) is 17.8 Å². The van der Waals surface area contributed by atoms with Gasteiger partial charge in [-0.3, -0.25) is 4.79 Å². The minimum atomic E-state index is -0.289. The molecule has 4 nitrogen and oxygen atoms in total. The number of H-pyrrole nitrogens is 1. The zero-order valence-electron chi connectivity index (χ0n) is 16.8. The van der Waals surface area contributed by atoms with Crippen LogP contribution in [0.1, 0.15) is 48.7 Å². The van der Waals surface area contributed by atoms with E-state index < -0.39 is 0 Å². The van der Waals surface area contributed by atoms with E-state index in [4.69, 9.17) is 0 Å².